The van der Waals surface area contributed by atoms with Gasteiger partial charge in [-0.3, -0.25) is 0 Å². The number of hydrogen-bond acceptors (Lipinski definition) is 3. The van der Waals surface area contributed by atoms with Gasteiger partial charge in [0.25, 0.3) is 0 Å². The largest absolute Gasteiger partial charge is 0.399 e. The first-order valence-electron chi connectivity index (χ1n) is 5.81. The van der Waals surface area contributed by atoms with E-state index in [0.717, 1.165) is 0 Å². The first-order valence-corrected chi connectivity index (χ1v) is 7.42. The number of sulfonamides is 1. The molecular weight excluding hydrogens is 248 g/mol. The second-order valence-corrected chi connectivity index (χ2v) is 6.37. The maximum Gasteiger partial charge on any atom is 0.218 e. The molecule has 0 aromatic heterocycles. The highest BCUT2D eigenvalue weighted by Gasteiger charge is 2.23. The summed E-state index contributed by atoms with van der Waals surface area (Å²) >= 11 is 0. The predicted octanol–water partition coefficient (Wildman–Crippen LogP) is 2.00. The molecule has 0 spiro atoms. The van der Waals surface area contributed by atoms with E-state index in [-0.39, 0.29) is 11.8 Å². The minimum atomic E-state index is -3.35. The van der Waals surface area contributed by atoms with Crippen molar-refractivity contribution in [2.75, 3.05) is 12.3 Å². The summed E-state index contributed by atoms with van der Waals surface area (Å²) < 4.78 is 26.0. The fourth-order valence-electron chi connectivity index (χ4n) is 1.75. The van der Waals surface area contributed by atoms with Crippen molar-refractivity contribution in [2.24, 2.45) is 0 Å². The van der Waals surface area contributed by atoms with Crippen molar-refractivity contribution in [1.29, 1.82) is 0 Å². The zero-order chi connectivity index (χ0) is 13.8. The summed E-state index contributed by atoms with van der Waals surface area (Å²) in [6.45, 7) is 7.61. The molecule has 18 heavy (non-hydrogen) atoms. The molecule has 2 N–H and O–H groups in total. The number of nitrogen functional groups attached to an aromatic ring is 1. The summed E-state index contributed by atoms with van der Waals surface area (Å²) in [6, 6.07) is 6.85. The van der Waals surface area contributed by atoms with Crippen LogP contribution < -0.4 is 5.73 Å². The van der Waals surface area contributed by atoms with Crippen LogP contribution in [0, 0.1) is 0 Å². The summed E-state index contributed by atoms with van der Waals surface area (Å²) in [6.07, 6.45) is 1.59. The van der Waals surface area contributed by atoms with Crippen molar-refractivity contribution in [1.82, 2.24) is 4.31 Å². The van der Waals surface area contributed by atoms with Gasteiger partial charge in [0.1, 0.15) is 0 Å². The van der Waals surface area contributed by atoms with Gasteiger partial charge in [0.2, 0.25) is 10.0 Å². The Hall–Kier alpha value is -1.33. The van der Waals surface area contributed by atoms with E-state index in [1.54, 1.807) is 30.3 Å². The molecular formula is C13H20N2O2S. The van der Waals surface area contributed by atoms with Crippen LogP contribution in [0.5, 0.6) is 0 Å². The van der Waals surface area contributed by atoms with Gasteiger partial charge in [0.05, 0.1) is 5.75 Å². The number of anilines is 1. The monoisotopic (exact) mass is 268 g/mol. The Bertz CT molecular complexity index is 509. The maximum absolute atomic E-state index is 12.3. The second kappa shape index (κ2) is 6.02. The van der Waals surface area contributed by atoms with Gasteiger partial charge in [0, 0.05) is 18.3 Å². The molecule has 0 amide bonds. The second-order valence-electron chi connectivity index (χ2n) is 4.45. The number of rotatable bonds is 6. The zero-order valence-electron chi connectivity index (χ0n) is 10.8. The third-order valence-corrected chi connectivity index (χ3v) is 4.53. The van der Waals surface area contributed by atoms with Gasteiger partial charge in [-0.15, -0.1) is 6.58 Å². The summed E-state index contributed by atoms with van der Waals surface area (Å²) in [4.78, 5) is 0. The molecule has 0 atom stereocenters. The van der Waals surface area contributed by atoms with Crippen LogP contribution in [0.15, 0.2) is 36.9 Å². The van der Waals surface area contributed by atoms with Crippen molar-refractivity contribution >= 4 is 15.7 Å². The minimum absolute atomic E-state index is 0.0376. The molecule has 0 radical (unpaired) electrons. The molecule has 0 aliphatic heterocycles. The fraction of sp³-hybridized carbons (Fsp3) is 0.385. The van der Waals surface area contributed by atoms with Gasteiger partial charge in [-0.1, -0.05) is 18.2 Å². The molecule has 0 saturated carbocycles. The lowest BCUT2D eigenvalue weighted by Gasteiger charge is -2.24. The highest BCUT2D eigenvalue weighted by Crippen LogP contribution is 2.15. The zero-order valence-corrected chi connectivity index (χ0v) is 11.7. The lowest BCUT2D eigenvalue weighted by atomic mass is 10.2. The van der Waals surface area contributed by atoms with Crippen LogP contribution in [-0.4, -0.2) is 25.3 Å². The molecule has 5 heteroatoms. The molecule has 1 rings (SSSR count). The van der Waals surface area contributed by atoms with Crippen LogP contribution in [-0.2, 0) is 15.8 Å². The van der Waals surface area contributed by atoms with Crippen molar-refractivity contribution < 1.29 is 8.42 Å². The molecule has 1 aromatic carbocycles. The standard InChI is InChI=1S/C13H20N2O2S/c1-4-8-15(11(2)3)18(16,17)10-12-6-5-7-13(14)9-12/h4-7,9,11H,1,8,10,14H2,2-3H3. The fourth-order valence-corrected chi connectivity index (χ4v) is 3.49. The Balaban J connectivity index is 2.95. The molecule has 0 bridgehead atoms. The van der Waals surface area contributed by atoms with Crippen LogP contribution in [0.1, 0.15) is 19.4 Å². The van der Waals surface area contributed by atoms with E-state index in [1.165, 1.54) is 4.31 Å². The highest BCUT2D eigenvalue weighted by atomic mass is 32.2. The smallest absolute Gasteiger partial charge is 0.218 e. The van der Waals surface area contributed by atoms with Crippen LogP contribution >= 0.6 is 0 Å². The van der Waals surface area contributed by atoms with Gasteiger partial charge in [-0.2, -0.15) is 4.31 Å². The normalized spacial score (nSPS) is 12.0. The van der Waals surface area contributed by atoms with E-state index in [9.17, 15) is 8.42 Å². The van der Waals surface area contributed by atoms with Gasteiger partial charge < -0.3 is 5.73 Å². The number of benzene rings is 1. The number of nitrogens with two attached hydrogens (primary N) is 1. The Morgan fingerprint density at radius 3 is 2.61 bits per heavy atom. The topological polar surface area (TPSA) is 63.4 Å². The van der Waals surface area contributed by atoms with Crippen molar-refractivity contribution in [2.45, 2.75) is 25.6 Å². The third-order valence-electron chi connectivity index (χ3n) is 2.54. The van der Waals surface area contributed by atoms with Gasteiger partial charge in [-0.05, 0) is 31.5 Å². The minimum Gasteiger partial charge on any atom is -0.399 e. The molecule has 100 valence electrons. The Morgan fingerprint density at radius 2 is 2.11 bits per heavy atom. The van der Waals surface area contributed by atoms with Crippen LogP contribution in [0.4, 0.5) is 5.69 Å². The van der Waals surface area contributed by atoms with Crippen LogP contribution in [0.2, 0.25) is 0 Å². The first kappa shape index (κ1) is 14.7. The molecule has 0 aliphatic carbocycles. The van der Waals surface area contributed by atoms with Gasteiger partial charge in [-0.25, -0.2) is 8.42 Å². The molecule has 0 fully saturated rings. The van der Waals surface area contributed by atoms with E-state index in [0.29, 0.717) is 17.8 Å². The summed E-state index contributed by atoms with van der Waals surface area (Å²) in [5.41, 5.74) is 6.92. The van der Waals surface area contributed by atoms with Crippen LogP contribution in [0.3, 0.4) is 0 Å². The number of hydrogen-bond donors (Lipinski definition) is 1. The lowest BCUT2D eigenvalue weighted by molar-refractivity contribution is 0.382. The van der Waals surface area contributed by atoms with E-state index in [2.05, 4.69) is 6.58 Å². The van der Waals surface area contributed by atoms with Crippen molar-refractivity contribution in [3.05, 3.63) is 42.5 Å². The summed E-state index contributed by atoms with van der Waals surface area (Å²) in [5.74, 6) is -0.0376. The average molecular weight is 268 g/mol. The predicted molar refractivity (Wildman–Crippen MR) is 75.5 cm³/mol. The molecule has 1 aromatic rings. The molecule has 0 aliphatic rings. The summed E-state index contributed by atoms with van der Waals surface area (Å²) in [7, 11) is -3.35. The third kappa shape index (κ3) is 3.85. The molecule has 0 unspecified atom stereocenters. The maximum atomic E-state index is 12.3. The Kier molecular flexibility index (Phi) is 4.93. The highest BCUT2D eigenvalue weighted by molar-refractivity contribution is 7.88. The van der Waals surface area contributed by atoms with E-state index < -0.39 is 10.0 Å². The van der Waals surface area contributed by atoms with Crippen LogP contribution in [0.25, 0.3) is 0 Å². The van der Waals surface area contributed by atoms with Crippen molar-refractivity contribution in [3.8, 4) is 0 Å². The molecule has 0 heterocycles. The Morgan fingerprint density at radius 1 is 1.44 bits per heavy atom. The summed E-state index contributed by atoms with van der Waals surface area (Å²) in [5, 5.41) is 0. The van der Waals surface area contributed by atoms with E-state index in [1.807, 2.05) is 13.8 Å². The average Bonchev–Trinajstić information content (AvgIpc) is 2.24. The Labute approximate surface area is 109 Å². The van der Waals surface area contributed by atoms with E-state index in [4.69, 9.17) is 5.73 Å². The SMILES string of the molecule is C=CCN(C(C)C)S(=O)(=O)Cc1cccc(N)c1. The van der Waals surface area contributed by atoms with Crippen molar-refractivity contribution in [3.63, 3.8) is 0 Å². The van der Waals surface area contributed by atoms with E-state index >= 15 is 0 Å². The number of nitrogens with zero attached hydrogens (tertiary/aromatic N) is 1. The lowest BCUT2D eigenvalue weighted by Crippen LogP contribution is -2.37. The first-order chi connectivity index (χ1) is 8.36. The molecule has 0 saturated heterocycles. The quantitative estimate of drug-likeness (QED) is 0.634. The molecule has 4 nitrogen and oxygen atoms in total. The van der Waals surface area contributed by atoms with Gasteiger partial charge in [0.15, 0.2) is 0 Å². The van der Waals surface area contributed by atoms with Gasteiger partial charge >= 0.3 is 0 Å².